The van der Waals surface area contributed by atoms with Gasteiger partial charge >= 0.3 is 0 Å². The molecule has 0 atom stereocenters. The largest absolute Gasteiger partial charge is 0.354 e. The standard InChI is InChI=1S/C12H23N3O2S/c1-13-5-6-14-11(16)9-18-10-12(17)15-7-3-2-4-8-15/h13H,2-10H2,1H3,(H,14,16). The van der Waals surface area contributed by atoms with Gasteiger partial charge in [0.2, 0.25) is 11.8 Å². The summed E-state index contributed by atoms with van der Waals surface area (Å²) in [6.07, 6.45) is 3.45. The molecule has 0 aromatic carbocycles. The summed E-state index contributed by atoms with van der Waals surface area (Å²) in [7, 11) is 1.85. The van der Waals surface area contributed by atoms with Crippen molar-refractivity contribution in [3.8, 4) is 0 Å². The Morgan fingerprint density at radius 1 is 1.11 bits per heavy atom. The molecule has 104 valence electrons. The predicted octanol–water partition coefficient (Wildman–Crippen LogP) is 0.0677. The summed E-state index contributed by atoms with van der Waals surface area (Å²) in [6.45, 7) is 3.17. The number of nitrogens with zero attached hydrogens (tertiary/aromatic N) is 1. The molecule has 0 aliphatic carbocycles. The van der Waals surface area contributed by atoms with E-state index in [4.69, 9.17) is 0 Å². The van der Waals surface area contributed by atoms with Gasteiger partial charge in [-0.05, 0) is 26.3 Å². The fourth-order valence-electron chi connectivity index (χ4n) is 1.84. The van der Waals surface area contributed by atoms with Crippen LogP contribution in [0.4, 0.5) is 0 Å². The first-order valence-electron chi connectivity index (χ1n) is 6.51. The van der Waals surface area contributed by atoms with Gasteiger partial charge in [-0.1, -0.05) is 0 Å². The zero-order chi connectivity index (χ0) is 13.2. The van der Waals surface area contributed by atoms with Crippen molar-refractivity contribution in [2.24, 2.45) is 0 Å². The van der Waals surface area contributed by atoms with Gasteiger partial charge in [-0.15, -0.1) is 11.8 Å². The third-order valence-electron chi connectivity index (χ3n) is 2.86. The van der Waals surface area contributed by atoms with Crippen LogP contribution in [0, 0.1) is 0 Å². The Hall–Kier alpha value is -0.750. The summed E-state index contributed by atoms with van der Waals surface area (Å²) >= 11 is 1.40. The minimum absolute atomic E-state index is 0.00157. The van der Waals surface area contributed by atoms with Gasteiger partial charge in [-0.3, -0.25) is 9.59 Å². The first kappa shape index (κ1) is 15.3. The number of carbonyl (C=O) groups excluding carboxylic acids is 2. The van der Waals surface area contributed by atoms with Crippen LogP contribution in [0.5, 0.6) is 0 Å². The van der Waals surface area contributed by atoms with Gasteiger partial charge in [0.15, 0.2) is 0 Å². The van der Waals surface area contributed by atoms with Gasteiger partial charge in [0.1, 0.15) is 0 Å². The van der Waals surface area contributed by atoms with Crippen LogP contribution < -0.4 is 10.6 Å². The van der Waals surface area contributed by atoms with Crippen molar-refractivity contribution in [2.75, 3.05) is 44.7 Å². The fraction of sp³-hybridized carbons (Fsp3) is 0.833. The molecule has 0 saturated carbocycles. The highest BCUT2D eigenvalue weighted by atomic mass is 32.2. The Kier molecular flexibility index (Phi) is 7.84. The lowest BCUT2D eigenvalue weighted by Crippen LogP contribution is -2.37. The molecular weight excluding hydrogens is 250 g/mol. The van der Waals surface area contributed by atoms with Crippen LogP contribution in [0.3, 0.4) is 0 Å². The van der Waals surface area contributed by atoms with E-state index in [0.29, 0.717) is 18.1 Å². The normalized spacial score (nSPS) is 15.5. The summed E-state index contributed by atoms with van der Waals surface area (Å²) < 4.78 is 0. The smallest absolute Gasteiger partial charge is 0.232 e. The van der Waals surface area contributed by atoms with Crippen molar-refractivity contribution in [2.45, 2.75) is 19.3 Å². The fourth-order valence-corrected chi connectivity index (χ4v) is 2.59. The average Bonchev–Trinajstić information content (AvgIpc) is 2.40. The lowest BCUT2D eigenvalue weighted by molar-refractivity contribution is -0.129. The summed E-state index contributed by atoms with van der Waals surface area (Å²) in [5.41, 5.74) is 0. The average molecular weight is 273 g/mol. The SMILES string of the molecule is CNCCNC(=O)CSCC(=O)N1CCCCC1. The Morgan fingerprint density at radius 3 is 2.50 bits per heavy atom. The Balaban J connectivity index is 2.05. The number of piperidine rings is 1. The Morgan fingerprint density at radius 2 is 1.83 bits per heavy atom. The van der Waals surface area contributed by atoms with E-state index in [1.807, 2.05) is 11.9 Å². The first-order chi connectivity index (χ1) is 8.74. The second-order valence-electron chi connectivity index (χ2n) is 4.39. The number of rotatable bonds is 7. The molecule has 0 unspecified atom stereocenters. The lowest BCUT2D eigenvalue weighted by Gasteiger charge is -2.26. The van der Waals surface area contributed by atoms with Gasteiger partial charge in [0, 0.05) is 26.2 Å². The van der Waals surface area contributed by atoms with E-state index in [0.717, 1.165) is 32.5 Å². The molecule has 1 aliphatic heterocycles. The highest BCUT2D eigenvalue weighted by molar-refractivity contribution is 8.00. The summed E-state index contributed by atoms with van der Waals surface area (Å²) in [5.74, 6) is 0.951. The summed E-state index contributed by atoms with van der Waals surface area (Å²) in [6, 6.07) is 0. The first-order valence-corrected chi connectivity index (χ1v) is 7.66. The Bertz CT molecular complexity index is 268. The second kappa shape index (κ2) is 9.22. The van der Waals surface area contributed by atoms with Gasteiger partial charge < -0.3 is 15.5 Å². The molecule has 18 heavy (non-hydrogen) atoms. The van der Waals surface area contributed by atoms with Crippen LogP contribution in [0.25, 0.3) is 0 Å². The van der Waals surface area contributed by atoms with Crippen LogP contribution in [-0.4, -0.2) is 61.4 Å². The molecule has 1 fully saturated rings. The topological polar surface area (TPSA) is 61.4 Å². The van der Waals surface area contributed by atoms with E-state index >= 15 is 0 Å². The maximum Gasteiger partial charge on any atom is 0.232 e. The molecule has 0 aromatic heterocycles. The minimum Gasteiger partial charge on any atom is -0.354 e. The third kappa shape index (κ3) is 6.26. The minimum atomic E-state index is 0.00157. The van der Waals surface area contributed by atoms with Crippen LogP contribution >= 0.6 is 11.8 Å². The zero-order valence-corrected chi connectivity index (χ0v) is 11.9. The van der Waals surface area contributed by atoms with Crippen molar-refractivity contribution in [1.82, 2.24) is 15.5 Å². The Labute approximate surface area is 113 Å². The second-order valence-corrected chi connectivity index (χ2v) is 5.37. The quantitative estimate of drug-likeness (QED) is 0.644. The van der Waals surface area contributed by atoms with Crippen LogP contribution in [-0.2, 0) is 9.59 Å². The van der Waals surface area contributed by atoms with Gasteiger partial charge in [-0.25, -0.2) is 0 Å². The number of thioether (sulfide) groups is 1. The lowest BCUT2D eigenvalue weighted by atomic mass is 10.1. The maximum absolute atomic E-state index is 11.8. The highest BCUT2D eigenvalue weighted by Crippen LogP contribution is 2.11. The predicted molar refractivity (Wildman–Crippen MR) is 74.7 cm³/mol. The zero-order valence-electron chi connectivity index (χ0n) is 11.0. The molecule has 0 bridgehead atoms. The van der Waals surface area contributed by atoms with Crippen molar-refractivity contribution >= 4 is 23.6 Å². The van der Waals surface area contributed by atoms with E-state index in [2.05, 4.69) is 10.6 Å². The molecule has 6 heteroatoms. The summed E-state index contributed by atoms with van der Waals surface area (Å²) in [4.78, 5) is 25.1. The molecule has 1 aliphatic rings. The monoisotopic (exact) mass is 273 g/mol. The van der Waals surface area contributed by atoms with E-state index in [1.54, 1.807) is 0 Å². The molecule has 1 rings (SSSR count). The van der Waals surface area contributed by atoms with Gasteiger partial charge in [0.25, 0.3) is 0 Å². The molecule has 1 heterocycles. The number of likely N-dealkylation sites (tertiary alicyclic amines) is 1. The molecule has 0 radical (unpaired) electrons. The van der Waals surface area contributed by atoms with E-state index in [9.17, 15) is 9.59 Å². The molecule has 2 N–H and O–H groups in total. The molecule has 0 spiro atoms. The van der Waals surface area contributed by atoms with Gasteiger partial charge in [0.05, 0.1) is 11.5 Å². The number of hydrogen-bond acceptors (Lipinski definition) is 4. The van der Waals surface area contributed by atoms with Crippen LogP contribution in [0.2, 0.25) is 0 Å². The number of likely N-dealkylation sites (N-methyl/N-ethyl adjacent to an activating group) is 1. The van der Waals surface area contributed by atoms with Crippen molar-refractivity contribution in [3.63, 3.8) is 0 Å². The molecule has 1 saturated heterocycles. The number of nitrogens with one attached hydrogen (secondary N) is 2. The summed E-state index contributed by atoms with van der Waals surface area (Å²) in [5, 5.41) is 5.75. The number of carbonyl (C=O) groups is 2. The van der Waals surface area contributed by atoms with Crippen LogP contribution in [0.1, 0.15) is 19.3 Å². The number of amides is 2. The molecular formula is C12H23N3O2S. The van der Waals surface area contributed by atoms with E-state index in [-0.39, 0.29) is 11.8 Å². The van der Waals surface area contributed by atoms with Crippen LogP contribution in [0.15, 0.2) is 0 Å². The van der Waals surface area contributed by atoms with Crippen molar-refractivity contribution in [1.29, 1.82) is 0 Å². The highest BCUT2D eigenvalue weighted by Gasteiger charge is 2.16. The molecule has 2 amide bonds. The molecule has 0 aromatic rings. The third-order valence-corrected chi connectivity index (χ3v) is 3.78. The molecule has 5 nitrogen and oxygen atoms in total. The van der Waals surface area contributed by atoms with Crippen molar-refractivity contribution in [3.05, 3.63) is 0 Å². The number of hydrogen-bond donors (Lipinski definition) is 2. The van der Waals surface area contributed by atoms with Crippen molar-refractivity contribution < 1.29 is 9.59 Å². The van der Waals surface area contributed by atoms with E-state index < -0.39 is 0 Å². The maximum atomic E-state index is 11.8. The van der Waals surface area contributed by atoms with E-state index in [1.165, 1.54) is 18.2 Å². The van der Waals surface area contributed by atoms with Gasteiger partial charge in [-0.2, -0.15) is 0 Å².